The van der Waals surface area contributed by atoms with Gasteiger partial charge >= 0.3 is 0 Å². The topological polar surface area (TPSA) is 64.8 Å². The van der Waals surface area contributed by atoms with Crippen molar-refractivity contribution < 1.29 is 8.42 Å². The van der Waals surface area contributed by atoms with E-state index in [1.165, 1.54) is 11.8 Å². The van der Waals surface area contributed by atoms with Gasteiger partial charge in [0, 0.05) is 21.5 Å². The van der Waals surface area contributed by atoms with E-state index in [9.17, 15) is 8.42 Å². The van der Waals surface area contributed by atoms with Crippen molar-refractivity contribution in [1.29, 1.82) is 0 Å². The Morgan fingerprint density at radius 2 is 1.55 bits per heavy atom. The maximum absolute atomic E-state index is 12.9. The third-order valence-electron chi connectivity index (χ3n) is 4.51. The van der Waals surface area contributed by atoms with Gasteiger partial charge in [0.2, 0.25) is 0 Å². The van der Waals surface area contributed by atoms with E-state index in [0.717, 1.165) is 11.3 Å². The third-order valence-corrected chi connectivity index (χ3v) is 7.70. The molecule has 0 bridgehead atoms. The number of hydrogen-bond donors (Lipinski definition) is 0. The van der Waals surface area contributed by atoms with Gasteiger partial charge in [0.05, 0.1) is 4.90 Å². The molecule has 158 valence electrons. The minimum absolute atomic E-state index is 0.250. The Bertz CT molecular complexity index is 1300. The van der Waals surface area contributed by atoms with Crippen molar-refractivity contribution in [2.45, 2.75) is 21.6 Å². The Morgan fingerprint density at radius 3 is 2.23 bits per heavy atom. The molecule has 0 spiro atoms. The summed E-state index contributed by atoms with van der Waals surface area (Å²) in [6.07, 6.45) is 0. The molecule has 3 aromatic carbocycles. The van der Waals surface area contributed by atoms with E-state index in [2.05, 4.69) is 10.2 Å². The van der Waals surface area contributed by atoms with Crippen LogP contribution in [0.15, 0.2) is 88.9 Å². The monoisotopic (exact) mass is 489 g/mol. The Balaban J connectivity index is 1.68. The fourth-order valence-corrected chi connectivity index (χ4v) is 5.78. The Labute approximate surface area is 195 Å². The van der Waals surface area contributed by atoms with Gasteiger partial charge in [-0.25, -0.2) is 8.42 Å². The van der Waals surface area contributed by atoms with E-state index in [1.807, 2.05) is 36.4 Å². The predicted octanol–water partition coefficient (Wildman–Crippen LogP) is 5.84. The number of thioether (sulfide) groups is 1. The van der Waals surface area contributed by atoms with Crippen LogP contribution >= 0.6 is 35.0 Å². The van der Waals surface area contributed by atoms with Gasteiger partial charge in [-0.1, -0.05) is 77.4 Å². The summed E-state index contributed by atoms with van der Waals surface area (Å²) in [4.78, 5) is 0.250. The van der Waals surface area contributed by atoms with Crippen LogP contribution in [0.5, 0.6) is 0 Å². The number of nitrogens with zero attached hydrogens (tertiary/aromatic N) is 3. The van der Waals surface area contributed by atoms with Crippen LogP contribution in [0.1, 0.15) is 11.4 Å². The standard InChI is InChI=1S/C22H17Cl2N3O2S2/c23-17-12-11-16(20(24)13-17)14-30-22-26-25-21(27(22)18-7-3-1-4-8-18)15-31(28,29)19-9-5-2-6-10-19/h1-13H,14-15H2. The maximum atomic E-state index is 12.9. The van der Waals surface area contributed by atoms with Crippen molar-refractivity contribution in [2.75, 3.05) is 0 Å². The lowest BCUT2D eigenvalue weighted by Crippen LogP contribution is -2.11. The van der Waals surface area contributed by atoms with E-state index < -0.39 is 9.84 Å². The largest absolute Gasteiger partial charge is 0.273 e. The van der Waals surface area contributed by atoms with Gasteiger partial charge < -0.3 is 0 Å². The second-order valence-corrected chi connectivity index (χ2v) is 10.4. The number of sulfone groups is 1. The number of rotatable bonds is 7. The smallest absolute Gasteiger partial charge is 0.196 e. The molecular weight excluding hydrogens is 473 g/mol. The second-order valence-electron chi connectivity index (χ2n) is 6.67. The molecule has 0 aliphatic rings. The van der Waals surface area contributed by atoms with Crippen molar-refractivity contribution in [1.82, 2.24) is 14.8 Å². The van der Waals surface area contributed by atoms with Gasteiger partial charge in [-0.2, -0.15) is 0 Å². The quantitative estimate of drug-likeness (QED) is 0.305. The van der Waals surface area contributed by atoms with E-state index in [1.54, 1.807) is 47.0 Å². The summed E-state index contributed by atoms with van der Waals surface area (Å²) in [6.45, 7) is 0. The van der Waals surface area contributed by atoms with Gasteiger partial charge in [0.15, 0.2) is 20.8 Å². The van der Waals surface area contributed by atoms with Gasteiger partial charge in [0.1, 0.15) is 5.75 Å². The van der Waals surface area contributed by atoms with E-state index in [0.29, 0.717) is 26.8 Å². The first-order chi connectivity index (χ1) is 14.9. The lowest BCUT2D eigenvalue weighted by Gasteiger charge is -2.11. The zero-order valence-electron chi connectivity index (χ0n) is 16.2. The SMILES string of the molecule is O=S(=O)(Cc1nnc(SCc2ccc(Cl)cc2Cl)n1-c1ccccc1)c1ccccc1. The van der Waals surface area contributed by atoms with Crippen LogP contribution in [0.3, 0.4) is 0 Å². The van der Waals surface area contributed by atoms with Crippen molar-refractivity contribution in [3.8, 4) is 5.69 Å². The van der Waals surface area contributed by atoms with E-state index in [4.69, 9.17) is 23.2 Å². The molecule has 9 heteroatoms. The first-order valence-corrected chi connectivity index (χ1v) is 12.7. The minimum atomic E-state index is -3.58. The van der Waals surface area contributed by atoms with Crippen LogP contribution in [0, 0.1) is 0 Å². The van der Waals surface area contributed by atoms with Crippen molar-refractivity contribution in [3.05, 3.63) is 100 Å². The lowest BCUT2D eigenvalue weighted by molar-refractivity contribution is 0.593. The van der Waals surface area contributed by atoms with Crippen molar-refractivity contribution in [2.24, 2.45) is 0 Å². The maximum Gasteiger partial charge on any atom is 0.196 e. The van der Waals surface area contributed by atoms with E-state index >= 15 is 0 Å². The Kier molecular flexibility index (Phi) is 6.67. The summed E-state index contributed by atoms with van der Waals surface area (Å²) in [5.74, 6) is 0.618. The Hall–Kier alpha value is -2.32. The molecule has 0 fully saturated rings. The number of halogens is 2. The third kappa shape index (κ3) is 5.13. The first-order valence-electron chi connectivity index (χ1n) is 9.28. The summed E-state index contributed by atoms with van der Waals surface area (Å²) < 4.78 is 27.6. The van der Waals surface area contributed by atoms with Crippen LogP contribution in [-0.4, -0.2) is 23.2 Å². The fraction of sp³-hybridized carbons (Fsp3) is 0.0909. The molecule has 4 aromatic rings. The van der Waals surface area contributed by atoms with Crippen molar-refractivity contribution >= 4 is 44.8 Å². The average molecular weight is 490 g/mol. The highest BCUT2D eigenvalue weighted by Gasteiger charge is 2.22. The fourth-order valence-electron chi connectivity index (χ4n) is 2.99. The minimum Gasteiger partial charge on any atom is -0.273 e. The highest BCUT2D eigenvalue weighted by Crippen LogP contribution is 2.30. The normalized spacial score (nSPS) is 11.5. The molecule has 0 aliphatic carbocycles. The lowest BCUT2D eigenvalue weighted by atomic mass is 10.2. The molecule has 4 rings (SSSR count). The van der Waals surface area contributed by atoms with Gasteiger partial charge in [0.25, 0.3) is 0 Å². The summed E-state index contributed by atoms with van der Waals surface area (Å²) in [6, 6.07) is 23.1. The molecule has 0 radical (unpaired) electrons. The summed E-state index contributed by atoms with van der Waals surface area (Å²) in [5, 5.41) is 10.2. The van der Waals surface area contributed by atoms with Crippen LogP contribution in [0.4, 0.5) is 0 Å². The molecule has 1 aromatic heterocycles. The predicted molar refractivity (Wildman–Crippen MR) is 125 cm³/mol. The van der Waals surface area contributed by atoms with Crippen LogP contribution in [-0.2, 0) is 21.3 Å². The number of para-hydroxylation sites is 1. The van der Waals surface area contributed by atoms with Crippen LogP contribution in [0.2, 0.25) is 10.0 Å². The van der Waals surface area contributed by atoms with Crippen LogP contribution < -0.4 is 0 Å². The molecule has 31 heavy (non-hydrogen) atoms. The zero-order valence-corrected chi connectivity index (χ0v) is 19.3. The molecule has 0 saturated carbocycles. The molecule has 0 unspecified atom stereocenters. The van der Waals surface area contributed by atoms with Gasteiger partial charge in [-0.05, 0) is 42.0 Å². The molecule has 5 nitrogen and oxygen atoms in total. The zero-order chi connectivity index (χ0) is 21.8. The molecule has 0 saturated heterocycles. The molecule has 1 heterocycles. The Morgan fingerprint density at radius 1 is 0.871 bits per heavy atom. The molecule has 0 N–H and O–H groups in total. The van der Waals surface area contributed by atoms with Crippen molar-refractivity contribution in [3.63, 3.8) is 0 Å². The number of benzene rings is 3. The highest BCUT2D eigenvalue weighted by molar-refractivity contribution is 7.98. The average Bonchev–Trinajstić information content (AvgIpc) is 3.16. The summed E-state index contributed by atoms with van der Waals surface area (Å²) in [7, 11) is -3.58. The van der Waals surface area contributed by atoms with Gasteiger partial charge in [-0.3, -0.25) is 4.57 Å². The summed E-state index contributed by atoms with van der Waals surface area (Å²) >= 11 is 13.7. The molecule has 0 amide bonds. The summed E-state index contributed by atoms with van der Waals surface area (Å²) in [5.41, 5.74) is 1.69. The molecular formula is C22H17Cl2N3O2S2. The van der Waals surface area contributed by atoms with Gasteiger partial charge in [-0.15, -0.1) is 10.2 Å². The first kappa shape index (κ1) is 21.9. The van der Waals surface area contributed by atoms with Crippen LogP contribution in [0.25, 0.3) is 5.69 Å². The molecule has 0 aliphatic heterocycles. The molecule has 0 atom stereocenters. The number of aromatic nitrogens is 3. The highest BCUT2D eigenvalue weighted by atomic mass is 35.5. The van der Waals surface area contributed by atoms with E-state index in [-0.39, 0.29) is 10.6 Å². The second kappa shape index (κ2) is 9.44. The number of hydrogen-bond acceptors (Lipinski definition) is 5.